The number of halogens is 1. The Balaban J connectivity index is 1.53. The molecule has 0 radical (unpaired) electrons. The number of carbonyl (C=O) groups excluding carboxylic acids is 1. The van der Waals surface area contributed by atoms with Gasteiger partial charge in [0.15, 0.2) is 11.6 Å². The van der Waals surface area contributed by atoms with E-state index in [1.807, 2.05) is 0 Å². The molecule has 2 aromatic heterocycles. The van der Waals surface area contributed by atoms with Crippen molar-refractivity contribution in [2.45, 2.75) is 13.0 Å². The number of hydrogen-bond donors (Lipinski definition) is 0. The predicted octanol–water partition coefficient (Wildman–Crippen LogP) is 2.91. The highest BCUT2D eigenvalue weighted by atomic mass is 19.1. The summed E-state index contributed by atoms with van der Waals surface area (Å²) in [5, 5.41) is 0. The summed E-state index contributed by atoms with van der Waals surface area (Å²) in [4.78, 5) is 26.4. The van der Waals surface area contributed by atoms with Gasteiger partial charge in [-0.25, -0.2) is 14.4 Å². The first-order valence-electron chi connectivity index (χ1n) is 10.0. The SMILES string of the molecule is O=C(c1ccco1)N1CCc2nc(-c3ccc(F)cc3)nc(N3CCOCC3)c2C1. The standard InChI is InChI=1S/C22H21FN4O3/c23-16-5-3-15(4-6-16)20-24-18-7-8-27(22(28)19-2-1-11-30-19)14-17(18)21(25-20)26-9-12-29-13-10-26/h1-6,11H,7-10,12-14H2. The second-order valence-electron chi connectivity index (χ2n) is 7.36. The zero-order valence-electron chi connectivity index (χ0n) is 16.4. The highest BCUT2D eigenvalue weighted by molar-refractivity contribution is 5.91. The number of benzene rings is 1. The van der Waals surface area contributed by atoms with Crippen molar-refractivity contribution in [2.24, 2.45) is 0 Å². The van der Waals surface area contributed by atoms with Gasteiger partial charge in [0.2, 0.25) is 0 Å². The number of nitrogens with zero attached hydrogens (tertiary/aromatic N) is 4. The number of rotatable bonds is 3. The van der Waals surface area contributed by atoms with Crippen molar-refractivity contribution in [3.63, 3.8) is 0 Å². The van der Waals surface area contributed by atoms with Gasteiger partial charge in [-0.15, -0.1) is 0 Å². The van der Waals surface area contributed by atoms with Crippen LogP contribution < -0.4 is 4.90 Å². The molecule has 2 aliphatic heterocycles. The highest BCUT2D eigenvalue weighted by Gasteiger charge is 2.29. The fraction of sp³-hybridized carbons (Fsp3) is 0.318. The predicted molar refractivity (Wildman–Crippen MR) is 108 cm³/mol. The summed E-state index contributed by atoms with van der Waals surface area (Å²) in [6, 6.07) is 9.59. The van der Waals surface area contributed by atoms with Crippen LogP contribution in [0.25, 0.3) is 11.4 Å². The van der Waals surface area contributed by atoms with Crippen LogP contribution in [-0.4, -0.2) is 53.6 Å². The van der Waals surface area contributed by atoms with E-state index in [2.05, 4.69) is 4.90 Å². The van der Waals surface area contributed by atoms with E-state index in [-0.39, 0.29) is 11.7 Å². The molecule has 30 heavy (non-hydrogen) atoms. The van der Waals surface area contributed by atoms with E-state index < -0.39 is 0 Å². The van der Waals surface area contributed by atoms with Crippen LogP contribution in [0.15, 0.2) is 47.1 Å². The molecule has 1 amide bonds. The Morgan fingerprint density at radius 3 is 2.57 bits per heavy atom. The van der Waals surface area contributed by atoms with Gasteiger partial charge in [0, 0.05) is 37.2 Å². The summed E-state index contributed by atoms with van der Waals surface area (Å²) < 4.78 is 24.2. The van der Waals surface area contributed by atoms with Crippen molar-refractivity contribution in [3.05, 3.63) is 65.5 Å². The van der Waals surface area contributed by atoms with E-state index >= 15 is 0 Å². The molecule has 0 spiro atoms. The maximum atomic E-state index is 13.4. The lowest BCUT2D eigenvalue weighted by Crippen LogP contribution is -2.41. The van der Waals surface area contributed by atoms with Gasteiger partial charge in [0.05, 0.1) is 31.7 Å². The molecule has 2 aliphatic rings. The molecule has 4 heterocycles. The average molecular weight is 408 g/mol. The molecule has 1 aromatic carbocycles. The van der Waals surface area contributed by atoms with Gasteiger partial charge in [-0.3, -0.25) is 4.79 Å². The molecule has 1 saturated heterocycles. The molecule has 7 nitrogen and oxygen atoms in total. The van der Waals surface area contributed by atoms with Crippen LogP contribution >= 0.6 is 0 Å². The minimum Gasteiger partial charge on any atom is -0.459 e. The molecule has 0 atom stereocenters. The van der Waals surface area contributed by atoms with E-state index in [0.717, 1.165) is 35.7 Å². The molecule has 0 unspecified atom stereocenters. The smallest absolute Gasteiger partial charge is 0.289 e. The fourth-order valence-corrected chi connectivity index (χ4v) is 3.89. The molecule has 0 aliphatic carbocycles. The van der Waals surface area contributed by atoms with E-state index in [1.54, 1.807) is 29.2 Å². The summed E-state index contributed by atoms with van der Waals surface area (Å²) in [5.74, 6) is 1.29. The lowest BCUT2D eigenvalue weighted by Gasteiger charge is -2.34. The fourth-order valence-electron chi connectivity index (χ4n) is 3.89. The molecular weight excluding hydrogens is 387 g/mol. The summed E-state index contributed by atoms with van der Waals surface area (Å²) >= 11 is 0. The maximum Gasteiger partial charge on any atom is 0.289 e. The zero-order chi connectivity index (χ0) is 20.5. The maximum absolute atomic E-state index is 13.4. The third-order valence-corrected chi connectivity index (χ3v) is 5.47. The lowest BCUT2D eigenvalue weighted by atomic mass is 10.0. The van der Waals surface area contributed by atoms with E-state index in [9.17, 15) is 9.18 Å². The second kappa shape index (κ2) is 7.87. The minimum atomic E-state index is -0.294. The Morgan fingerprint density at radius 2 is 1.83 bits per heavy atom. The number of anilines is 1. The van der Waals surface area contributed by atoms with Gasteiger partial charge >= 0.3 is 0 Å². The Morgan fingerprint density at radius 1 is 1.03 bits per heavy atom. The quantitative estimate of drug-likeness (QED) is 0.664. The van der Waals surface area contributed by atoms with Gasteiger partial charge in [0.25, 0.3) is 5.91 Å². The van der Waals surface area contributed by atoms with E-state index in [4.69, 9.17) is 19.1 Å². The molecule has 0 N–H and O–H groups in total. The number of amides is 1. The van der Waals surface area contributed by atoms with Crippen LogP contribution in [0, 0.1) is 5.82 Å². The van der Waals surface area contributed by atoms with Crippen molar-refractivity contribution < 1.29 is 18.3 Å². The molecule has 8 heteroatoms. The average Bonchev–Trinajstić information content (AvgIpc) is 3.33. The topological polar surface area (TPSA) is 71.7 Å². The summed E-state index contributed by atoms with van der Waals surface area (Å²) in [6.07, 6.45) is 2.12. The Bertz CT molecular complexity index is 1050. The van der Waals surface area contributed by atoms with Crippen LogP contribution in [0.5, 0.6) is 0 Å². The first kappa shape index (κ1) is 18.7. The van der Waals surface area contributed by atoms with Crippen LogP contribution in [0.1, 0.15) is 21.8 Å². The summed E-state index contributed by atoms with van der Waals surface area (Å²) in [6.45, 7) is 3.66. The number of aromatic nitrogens is 2. The number of carbonyl (C=O) groups is 1. The van der Waals surface area contributed by atoms with Crippen molar-refractivity contribution in [1.82, 2.24) is 14.9 Å². The molecule has 3 aromatic rings. The van der Waals surface area contributed by atoms with Gasteiger partial charge in [-0.2, -0.15) is 0 Å². The molecular formula is C22H21FN4O3. The van der Waals surface area contributed by atoms with Crippen LogP contribution in [0.3, 0.4) is 0 Å². The Hall–Kier alpha value is -3.26. The van der Waals surface area contributed by atoms with Crippen LogP contribution in [0.4, 0.5) is 10.2 Å². The van der Waals surface area contributed by atoms with Crippen LogP contribution in [0.2, 0.25) is 0 Å². The number of hydrogen-bond acceptors (Lipinski definition) is 6. The van der Waals surface area contributed by atoms with Gasteiger partial charge in [0.1, 0.15) is 11.6 Å². The first-order valence-corrected chi connectivity index (χ1v) is 10.0. The first-order chi connectivity index (χ1) is 14.7. The summed E-state index contributed by atoms with van der Waals surface area (Å²) in [7, 11) is 0. The molecule has 1 fully saturated rings. The number of fused-ring (bicyclic) bond motifs is 1. The summed E-state index contributed by atoms with van der Waals surface area (Å²) in [5.41, 5.74) is 2.64. The van der Waals surface area contributed by atoms with Gasteiger partial charge < -0.3 is 19.0 Å². The van der Waals surface area contributed by atoms with Crippen molar-refractivity contribution in [3.8, 4) is 11.4 Å². The number of ether oxygens (including phenoxy) is 1. The van der Waals surface area contributed by atoms with E-state index in [0.29, 0.717) is 44.3 Å². The minimum absolute atomic E-state index is 0.138. The molecule has 5 rings (SSSR count). The zero-order valence-corrected chi connectivity index (χ0v) is 16.4. The van der Waals surface area contributed by atoms with E-state index in [1.165, 1.54) is 18.4 Å². The van der Waals surface area contributed by atoms with Crippen molar-refractivity contribution >= 4 is 11.7 Å². The Kier molecular flexibility index (Phi) is 4.92. The van der Waals surface area contributed by atoms with Crippen molar-refractivity contribution in [1.29, 1.82) is 0 Å². The lowest BCUT2D eigenvalue weighted by molar-refractivity contribution is 0.0700. The van der Waals surface area contributed by atoms with Gasteiger partial charge in [-0.05, 0) is 36.4 Å². The largest absolute Gasteiger partial charge is 0.459 e. The second-order valence-corrected chi connectivity index (χ2v) is 7.36. The molecule has 0 saturated carbocycles. The number of morpholine rings is 1. The number of furan rings is 1. The van der Waals surface area contributed by atoms with Crippen LogP contribution in [-0.2, 0) is 17.7 Å². The van der Waals surface area contributed by atoms with Gasteiger partial charge in [-0.1, -0.05) is 0 Å². The Labute approximate surface area is 173 Å². The normalized spacial score (nSPS) is 16.4. The molecule has 0 bridgehead atoms. The van der Waals surface area contributed by atoms with Crippen molar-refractivity contribution in [2.75, 3.05) is 37.7 Å². The third-order valence-electron chi connectivity index (χ3n) is 5.47. The monoisotopic (exact) mass is 408 g/mol. The third kappa shape index (κ3) is 3.54. The molecule has 154 valence electrons. The highest BCUT2D eigenvalue weighted by Crippen LogP contribution is 2.31.